The smallest absolute Gasteiger partial charge is 0.124 e. The first-order valence-electron chi connectivity index (χ1n) is 6.28. The van der Waals surface area contributed by atoms with Crippen LogP contribution in [0.3, 0.4) is 0 Å². The molecule has 1 fully saturated rings. The predicted octanol–water partition coefficient (Wildman–Crippen LogP) is 3.83. The van der Waals surface area contributed by atoms with Crippen LogP contribution in [-0.4, -0.2) is 18.1 Å². The molecule has 100 valence electrons. The molecule has 0 aliphatic heterocycles. The summed E-state index contributed by atoms with van der Waals surface area (Å²) in [6.45, 7) is 0.864. The Morgan fingerprint density at radius 2 is 2.32 bits per heavy atom. The fourth-order valence-corrected chi connectivity index (χ4v) is 3.26. The lowest BCUT2D eigenvalue weighted by atomic mass is 10.2. The second kappa shape index (κ2) is 5.61. The van der Waals surface area contributed by atoms with Crippen LogP contribution in [0.5, 0.6) is 5.75 Å². The summed E-state index contributed by atoms with van der Waals surface area (Å²) in [4.78, 5) is 4.69. The number of halogens is 1. The highest BCUT2D eigenvalue weighted by Crippen LogP contribution is 2.33. The van der Waals surface area contributed by atoms with Crippen LogP contribution < -0.4 is 10.1 Å². The normalized spacial score (nSPS) is 14.6. The summed E-state index contributed by atoms with van der Waals surface area (Å²) in [7, 11) is 1.68. The van der Waals surface area contributed by atoms with E-state index in [9.17, 15) is 0 Å². The van der Waals surface area contributed by atoms with Crippen molar-refractivity contribution in [2.24, 2.45) is 0 Å². The second-order valence-electron chi connectivity index (χ2n) is 4.64. The first-order chi connectivity index (χ1) is 9.26. The third-order valence-corrected chi connectivity index (χ3v) is 4.72. The zero-order valence-electron chi connectivity index (χ0n) is 10.6. The lowest BCUT2D eigenvalue weighted by molar-refractivity contribution is 0.415. The van der Waals surface area contributed by atoms with E-state index in [1.807, 2.05) is 18.2 Å². The van der Waals surface area contributed by atoms with Crippen molar-refractivity contribution in [3.05, 3.63) is 33.7 Å². The van der Waals surface area contributed by atoms with E-state index >= 15 is 0 Å². The Labute approximate surface area is 125 Å². The number of thiazole rings is 1. The Morgan fingerprint density at radius 1 is 1.47 bits per heavy atom. The highest BCUT2D eigenvalue weighted by molar-refractivity contribution is 9.10. The molecule has 2 aromatic rings. The van der Waals surface area contributed by atoms with Gasteiger partial charge in [-0.3, -0.25) is 0 Å². The van der Waals surface area contributed by atoms with Crippen LogP contribution in [0, 0.1) is 0 Å². The molecule has 0 amide bonds. The van der Waals surface area contributed by atoms with Gasteiger partial charge in [0.25, 0.3) is 0 Å². The third kappa shape index (κ3) is 3.16. The quantitative estimate of drug-likeness (QED) is 0.899. The number of rotatable bonds is 5. The van der Waals surface area contributed by atoms with Gasteiger partial charge in [-0.2, -0.15) is 0 Å². The highest BCUT2D eigenvalue weighted by Gasteiger charge is 2.20. The maximum atomic E-state index is 5.27. The summed E-state index contributed by atoms with van der Waals surface area (Å²) in [5.74, 6) is 0.853. The van der Waals surface area contributed by atoms with Crippen LogP contribution in [0.1, 0.15) is 18.5 Å². The molecule has 1 heterocycles. The molecular formula is C14H15BrN2OS. The molecule has 1 saturated carbocycles. The van der Waals surface area contributed by atoms with Crippen LogP contribution in [0.4, 0.5) is 0 Å². The van der Waals surface area contributed by atoms with Gasteiger partial charge in [0.15, 0.2) is 0 Å². The Hall–Kier alpha value is -0.910. The van der Waals surface area contributed by atoms with Crippen molar-refractivity contribution in [3.8, 4) is 16.3 Å². The van der Waals surface area contributed by atoms with Crippen LogP contribution in [0.25, 0.3) is 10.6 Å². The van der Waals surface area contributed by atoms with Crippen molar-refractivity contribution in [1.82, 2.24) is 10.3 Å². The van der Waals surface area contributed by atoms with Crippen molar-refractivity contribution in [2.45, 2.75) is 25.4 Å². The maximum Gasteiger partial charge on any atom is 0.124 e. The van der Waals surface area contributed by atoms with Crippen LogP contribution in [0.15, 0.2) is 28.1 Å². The molecule has 1 aliphatic rings. The largest absolute Gasteiger partial charge is 0.497 e. The molecular weight excluding hydrogens is 324 g/mol. The topological polar surface area (TPSA) is 34.1 Å². The SMILES string of the molecule is COc1ccc(Br)c(-c2nc(CNC3CC3)cs2)c1. The lowest BCUT2D eigenvalue weighted by Crippen LogP contribution is -2.15. The Bertz CT molecular complexity index is 581. The van der Waals surface area contributed by atoms with Crippen molar-refractivity contribution >= 4 is 27.3 Å². The molecule has 0 bridgehead atoms. The molecule has 19 heavy (non-hydrogen) atoms. The summed E-state index contributed by atoms with van der Waals surface area (Å²) >= 11 is 5.24. The van der Waals surface area contributed by atoms with E-state index in [0.29, 0.717) is 6.04 Å². The van der Waals surface area contributed by atoms with Gasteiger partial charge in [0.1, 0.15) is 10.8 Å². The number of ether oxygens (including phenoxy) is 1. The number of nitrogens with zero attached hydrogens (tertiary/aromatic N) is 1. The van der Waals surface area contributed by atoms with Gasteiger partial charge in [-0.25, -0.2) is 4.98 Å². The van der Waals surface area contributed by atoms with E-state index in [1.54, 1.807) is 18.4 Å². The van der Waals surface area contributed by atoms with Crippen molar-refractivity contribution in [3.63, 3.8) is 0 Å². The standard InChI is InChI=1S/C14H15BrN2OS/c1-18-11-4-5-13(15)12(6-11)14-17-10(8-19-14)7-16-9-2-3-9/h4-6,8-9,16H,2-3,7H2,1H3. The average Bonchev–Trinajstić information content (AvgIpc) is 3.15. The summed E-state index contributed by atoms with van der Waals surface area (Å²) in [6, 6.07) is 6.67. The first-order valence-corrected chi connectivity index (χ1v) is 7.95. The number of aromatic nitrogens is 1. The van der Waals surface area contributed by atoms with Gasteiger partial charge in [-0.1, -0.05) is 15.9 Å². The van der Waals surface area contributed by atoms with Crippen molar-refractivity contribution in [1.29, 1.82) is 0 Å². The summed E-state index contributed by atoms with van der Waals surface area (Å²) in [5.41, 5.74) is 2.20. The summed E-state index contributed by atoms with van der Waals surface area (Å²) < 4.78 is 6.31. The summed E-state index contributed by atoms with van der Waals surface area (Å²) in [6.07, 6.45) is 2.61. The van der Waals surface area contributed by atoms with E-state index in [2.05, 4.69) is 31.6 Å². The minimum absolute atomic E-state index is 0.716. The molecule has 1 N–H and O–H groups in total. The predicted molar refractivity (Wildman–Crippen MR) is 81.7 cm³/mol. The zero-order chi connectivity index (χ0) is 13.2. The number of hydrogen-bond donors (Lipinski definition) is 1. The average molecular weight is 339 g/mol. The molecule has 3 nitrogen and oxygen atoms in total. The number of methoxy groups -OCH3 is 1. The van der Waals surface area contributed by atoms with Gasteiger partial charge in [0.05, 0.1) is 12.8 Å². The van der Waals surface area contributed by atoms with Crippen LogP contribution in [0.2, 0.25) is 0 Å². The van der Waals surface area contributed by atoms with Crippen LogP contribution in [-0.2, 0) is 6.54 Å². The van der Waals surface area contributed by atoms with Gasteiger partial charge in [-0.15, -0.1) is 11.3 Å². The van der Waals surface area contributed by atoms with Gasteiger partial charge in [0, 0.05) is 28.0 Å². The Kier molecular flexibility index (Phi) is 3.86. The van der Waals surface area contributed by atoms with E-state index in [0.717, 1.165) is 33.0 Å². The molecule has 0 saturated heterocycles. The maximum absolute atomic E-state index is 5.27. The summed E-state index contributed by atoms with van der Waals surface area (Å²) in [5, 5.41) is 6.63. The molecule has 3 rings (SSSR count). The fraction of sp³-hybridized carbons (Fsp3) is 0.357. The van der Waals surface area contributed by atoms with Gasteiger partial charge in [-0.05, 0) is 31.0 Å². The third-order valence-electron chi connectivity index (χ3n) is 3.10. The molecule has 0 atom stereocenters. The minimum atomic E-state index is 0.716. The Balaban J connectivity index is 1.80. The second-order valence-corrected chi connectivity index (χ2v) is 6.36. The molecule has 0 unspecified atom stereocenters. The van der Waals surface area contributed by atoms with Crippen LogP contribution >= 0.6 is 27.3 Å². The monoisotopic (exact) mass is 338 g/mol. The molecule has 1 aromatic carbocycles. The van der Waals surface area contributed by atoms with Crippen molar-refractivity contribution in [2.75, 3.05) is 7.11 Å². The van der Waals surface area contributed by atoms with E-state index < -0.39 is 0 Å². The molecule has 1 aliphatic carbocycles. The van der Waals surface area contributed by atoms with E-state index in [4.69, 9.17) is 4.74 Å². The van der Waals surface area contributed by atoms with Gasteiger partial charge in [0.2, 0.25) is 0 Å². The molecule has 1 aromatic heterocycles. The Morgan fingerprint density at radius 3 is 3.05 bits per heavy atom. The van der Waals surface area contributed by atoms with Gasteiger partial charge >= 0.3 is 0 Å². The molecule has 0 radical (unpaired) electrons. The van der Waals surface area contributed by atoms with E-state index in [-0.39, 0.29) is 0 Å². The minimum Gasteiger partial charge on any atom is -0.497 e. The zero-order valence-corrected chi connectivity index (χ0v) is 13.1. The fourth-order valence-electron chi connectivity index (χ4n) is 1.84. The highest BCUT2D eigenvalue weighted by atomic mass is 79.9. The lowest BCUT2D eigenvalue weighted by Gasteiger charge is -2.04. The number of nitrogens with one attached hydrogen (secondary N) is 1. The molecule has 0 spiro atoms. The first kappa shape index (κ1) is 13.1. The molecule has 5 heteroatoms. The number of hydrogen-bond acceptors (Lipinski definition) is 4. The van der Waals surface area contributed by atoms with E-state index in [1.165, 1.54) is 12.8 Å². The van der Waals surface area contributed by atoms with Gasteiger partial charge < -0.3 is 10.1 Å². The number of benzene rings is 1. The van der Waals surface area contributed by atoms with Crippen molar-refractivity contribution < 1.29 is 4.74 Å².